The van der Waals surface area contributed by atoms with Crippen molar-refractivity contribution in [3.8, 4) is 0 Å². The molecule has 2 atom stereocenters. The van der Waals surface area contributed by atoms with Crippen LogP contribution in [0.15, 0.2) is 30.3 Å². The van der Waals surface area contributed by atoms with Crippen LogP contribution >= 0.6 is 0 Å². The van der Waals surface area contributed by atoms with Gasteiger partial charge in [-0.1, -0.05) is 30.3 Å². The molecule has 17 heavy (non-hydrogen) atoms. The smallest absolute Gasteiger partial charge is 0.310 e. The number of carbonyl (C=O) groups is 1. The molecule has 0 saturated heterocycles. The molecule has 1 aromatic rings. The summed E-state index contributed by atoms with van der Waals surface area (Å²) in [7, 11) is 0. The highest BCUT2D eigenvalue weighted by Gasteiger charge is 2.24. The van der Waals surface area contributed by atoms with E-state index in [-0.39, 0.29) is 6.54 Å². The lowest BCUT2D eigenvalue weighted by Crippen LogP contribution is -2.38. The molecule has 0 radical (unpaired) electrons. The summed E-state index contributed by atoms with van der Waals surface area (Å²) in [6.45, 7) is 0.579. The fourth-order valence-electron chi connectivity index (χ4n) is 1.49. The Hall–Kier alpha value is -1.43. The Morgan fingerprint density at radius 2 is 2.00 bits per heavy atom. The standard InChI is InChI=1S/C12H18N2O3/c13-7-6-10(12(15)16)11(14)17-8-9-4-2-1-3-5-9/h1-5,10-11H,6-8,13-14H2,(H,15,16). The number of carboxylic acid groups (broad SMARTS) is 1. The third-order valence-electron chi connectivity index (χ3n) is 2.48. The van der Waals surface area contributed by atoms with Gasteiger partial charge in [0.25, 0.3) is 0 Å². The zero-order valence-electron chi connectivity index (χ0n) is 9.58. The van der Waals surface area contributed by atoms with Crippen LogP contribution in [0.1, 0.15) is 12.0 Å². The fourth-order valence-corrected chi connectivity index (χ4v) is 1.49. The number of hydrogen-bond donors (Lipinski definition) is 3. The fraction of sp³-hybridized carbons (Fsp3) is 0.417. The molecule has 0 aromatic heterocycles. The summed E-state index contributed by atoms with van der Waals surface area (Å²) in [5, 5.41) is 8.96. The minimum absolute atomic E-state index is 0.277. The Labute approximate surface area is 100 Å². The van der Waals surface area contributed by atoms with Crippen LogP contribution < -0.4 is 11.5 Å². The van der Waals surface area contributed by atoms with Crippen molar-refractivity contribution in [2.24, 2.45) is 17.4 Å². The van der Waals surface area contributed by atoms with Gasteiger partial charge in [-0.2, -0.15) is 0 Å². The molecule has 0 bridgehead atoms. The normalized spacial score (nSPS) is 14.2. The number of hydrogen-bond acceptors (Lipinski definition) is 4. The number of benzene rings is 1. The van der Waals surface area contributed by atoms with E-state index in [2.05, 4.69) is 0 Å². The number of nitrogens with two attached hydrogens (primary N) is 2. The second-order valence-electron chi connectivity index (χ2n) is 3.78. The first kappa shape index (κ1) is 13.6. The largest absolute Gasteiger partial charge is 0.481 e. The summed E-state index contributed by atoms with van der Waals surface area (Å²) >= 11 is 0. The topological polar surface area (TPSA) is 98.6 Å². The van der Waals surface area contributed by atoms with Crippen molar-refractivity contribution in [2.45, 2.75) is 19.3 Å². The van der Waals surface area contributed by atoms with Crippen LogP contribution in [0.25, 0.3) is 0 Å². The van der Waals surface area contributed by atoms with Gasteiger partial charge in [0.15, 0.2) is 0 Å². The molecule has 0 spiro atoms. The van der Waals surface area contributed by atoms with Crippen LogP contribution in [0.3, 0.4) is 0 Å². The molecule has 0 heterocycles. The molecule has 1 aromatic carbocycles. The Bertz CT molecular complexity index is 343. The van der Waals surface area contributed by atoms with E-state index < -0.39 is 18.1 Å². The molecule has 5 heteroatoms. The van der Waals surface area contributed by atoms with Crippen molar-refractivity contribution in [2.75, 3.05) is 6.54 Å². The van der Waals surface area contributed by atoms with Crippen LogP contribution in [0.2, 0.25) is 0 Å². The lowest BCUT2D eigenvalue weighted by molar-refractivity contribution is -0.148. The first-order chi connectivity index (χ1) is 8.15. The third kappa shape index (κ3) is 4.52. The zero-order chi connectivity index (χ0) is 12.7. The van der Waals surface area contributed by atoms with E-state index in [0.29, 0.717) is 13.0 Å². The van der Waals surface area contributed by atoms with Crippen LogP contribution in [0, 0.1) is 5.92 Å². The van der Waals surface area contributed by atoms with Gasteiger partial charge in [0.1, 0.15) is 6.23 Å². The lowest BCUT2D eigenvalue weighted by Gasteiger charge is -2.19. The summed E-state index contributed by atoms with van der Waals surface area (Å²) in [5.74, 6) is -1.74. The van der Waals surface area contributed by atoms with Gasteiger partial charge in [-0.05, 0) is 18.5 Å². The van der Waals surface area contributed by atoms with Gasteiger partial charge in [0.2, 0.25) is 0 Å². The van der Waals surface area contributed by atoms with Gasteiger partial charge >= 0.3 is 5.97 Å². The summed E-state index contributed by atoms with van der Waals surface area (Å²) < 4.78 is 5.35. The highest BCUT2D eigenvalue weighted by molar-refractivity contribution is 5.70. The zero-order valence-corrected chi connectivity index (χ0v) is 9.58. The molecule has 2 unspecified atom stereocenters. The Balaban J connectivity index is 2.47. The van der Waals surface area contributed by atoms with Crippen LogP contribution in [-0.4, -0.2) is 23.8 Å². The predicted molar refractivity (Wildman–Crippen MR) is 64.0 cm³/mol. The number of aliphatic carboxylic acids is 1. The Kier molecular flexibility index (Phi) is 5.62. The molecule has 0 saturated carbocycles. The van der Waals surface area contributed by atoms with Gasteiger partial charge in [-0.3, -0.25) is 4.79 Å². The van der Waals surface area contributed by atoms with Crippen molar-refractivity contribution in [1.82, 2.24) is 0 Å². The Morgan fingerprint density at radius 3 is 2.53 bits per heavy atom. The first-order valence-corrected chi connectivity index (χ1v) is 5.49. The van der Waals surface area contributed by atoms with Crippen LogP contribution in [0.4, 0.5) is 0 Å². The average molecular weight is 238 g/mol. The SMILES string of the molecule is NCCC(C(=O)O)C(N)OCc1ccccc1. The van der Waals surface area contributed by atoms with Gasteiger partial charge < -0.3 is 21.3 Å². The number of ether oxygens (including phenoxy) is 1. The van der Waals surface area contributed by atoms with Gasteiger partial charge in [0, 0.05) is 0 Å². The highest BCUT2D eigenvalue weighted by atomic mass is 16.5. The van der Waals surface area contributed by atoms with Crippen LogP contribution in [0.5, 0.6) is 0 Å². The maximum Gasteiger partial charge on any atom is 0.310 e. The minimum Gasteiger partial charge on any atom is -0.481 e. The van der Waals surface area contributed by atoms with E-state index in [9.17, 15) is 4.79 Å². The van der Waals surface area contributed by atoms with E-state index in [1.54, 1.807) is 0 Å². The van der Waals surface area contributed by atoms with Crippen molar-refractivity contribution >= 4 is 5.97 Å². The van der Waals surface area contributed by atoms with Crippen molar-refractivity contribution in [1.29, 1.82) is 0 Å². The van der Waals surface area contributed by atoms with Gasteiger partial charge in [-0.25, -0.2) is 0 Å². The Morgan fingerprint density at radius 1 is 1.35 bits per heavy atom. The van der Waals surface area contributed by atoms with E-state index in [1.807, 2.05) is 30.3 Å². The lowest BCUT2D eigenvalue weighted by atomic mass is 10.0. The molecular weight excluding hydrogens is 220 g/mol. The van der Waals surface area contributed by atoms with Crippen molar-refractivity contribution in [3.05, 3.63) is 35.9 Å². The maximum absolute atomic E-state index is 10.9. The predicted octanol–water partition coefficient (Wildman–Crippen LogP) is 0.538. The average Bonchev–Trinajstić information content (AvgIpc) is 2.34. The van der Waals surface area contributed by atoms with E-state index >= 15 is 0 Å². The molecule has 0 fully saturated rings. The number of rotatable bonds is 7. The molecule has 1 rings (SSSR count). The summed E-state index contributed by atoms with van der Waals surface area (Å²) in [5.41, 5.74) is 12.0. The molecule has 0 aliphatic carbocycles. The van der Waals surface area contributed by atoms with Gasteiger partial charge in [0.05, 0.1) is 12.5 Å². The molecule has 94 valence electrons. The third-order valence-corrected chi connectivity index (χ3v) is 2.48. The highest BCUT2D eigenvalue weighted by Crippen LogP contribution is 2.10. The van der Waals surface area contributed by atoms with Crippen molar-refractivity contribution in [3.63, 3.8) is 0 Å². The molecule has 5 N–H and O–H groups in total. The quantitative estimate of drug-likeness (QED) is 0.602. The first-order valence-electron chi connectivity index (χ1n) is 5.49. The van der Waals surface area contributed by atoms with E-state index in [0.717, 1.165) is 5.56 Å². The molecule has 0 amide bonds. The monoisotopic (exact) mass is 238 g/mol. The summed E-state index contributed by atoms with van der Waals surface area (Å²) in [6, 6.07) is 9.46. The summed E-state index contributed by atoms with van der Waals surface area (Å²) in [6.07, 6.45) is -0.526. The molecule has 0 aliphatic heterocycles. The molecule has 0 aliphatic rings. The van der Waals surface area contributed by atoms with Gasteiger partial charge in [-0.15, -0.1) is 0 Å². The molecule has 5 nitrogen and oxygen atoms in total. The van der Waals surface area contributed by atoms with Crippen LogP contribution in [-0.2, 0) is 16.1 Å². The minimum atomic E-state index is -0.976. The van der Waals surface area contributed by atoms with E-state index in [1.165, 1.54) is 0 Å². The molecular formula is C12H18N2O3. The summed E-state index contributed by atoms with van der Waals surface area (Å²) in [4.78, 5) is 10.9. The second kappa shape index (κ2) is 7.01. The maximum atomic E-state index is 10.9. The number of carboxylic acids is 1. The van der Waals surface area contributed by atoms with Crippen molar-refractivity contribution < 1.29 is 14.6 Å². The van der Waals surface area contributed by atoms with E-state index in [4.69, 9.17) is 21.3 Å². The second-order valence-corrected chi connectivity index (χ2v) is 3.78.